The summed E-state index contributed by atoms with van der Waals surface area (Å²) >= 11 is 5.88. The van der Waals surface area contributed by atoms with Crippen molar-refractivity contribution in [2.24, 2.45) is 0 Å². The molecule has 1 aromatic heterocycles. The normalized spacial score (nSPS) is 11.1. The molecule has 0 fully saturated rings. The molecular weight excluding hydrogens is 322 g/mol. The standard InChI is InChI=1S/C11H10ClN3O5S/c1-20-8-3-2-6(4-7(8)12)15-21(18,19)9-5-13-11(17)14-10(9)16/h2-5,15H,1H3,(H2,13,14,16,17). The molecule has 10 heteroatoms. The molecule has 0 aliphatic heterocycles. The van der Waals surface area contributed by atoms with Crippen LogP contribution in [0.3, 0.4) is 0 Å². The number of sulfonamides is 1. The molecule has 112 valence electrons. The Morgan fingerprint density at radius 3 is 2.57 bits per heavy atom. The van der Waals surface area contributed by atoms with E-state index in [1.54, 1.807) is 0 Å². The van der Waals surface area contributed by atoms with Crippen LogP contribution in [0, 0.1) is 0 Å². The van der Waals surface area contributed by atoms with E-state index >= 15 is 0 Å². The average Bonchev–Trinajstić information content (AvgIpc) is 2.37. The van der Waals surface area contributed by atoms with E-state index in [-0.39, 0.29) is 10.7 Å². The van der Waals surface area contributed by atoms with Crippen molar-refractivity contribution in [3.63, 3.8) is 0 Å². The number of aromatic amines is 2. The van der Waals surface area contributed by atoms with Gasteiger partial charge in [-0.05, 0) is 18.2 Å². The lowest BCUT2D eigenvalue weighted by Crippen LogP contribution is -2.29. The number of benzene rings is 1. The molecule has 1 heterocycles. The highest BCUT2D eigenvalue weighted by Crippen LogP contribution is 2.27. The summed E-state index contributed by atoms with van der Waals surface area (Å²) in [7, 11) is -2.74. The van der Waals surface area contributed by atoms with E-state index in [2.05, 4.69) is 9.71 Å². The van der Waals surface area contributed by atoms with E-state index < -0.39 is 26.2 Å². The van der Waals surface area contributed by atoms with Gasteiger partial charge < -0.3 is 9.72 Å². The maximum atomic E-state index is 12.1. The maximum Gasteiger partial charge on any atom is 0.325 e. The Bertz CT molecular complexity index is 887. The van der Waals surface area contributed by atoms with Crippen LogP contribution < -0.4 is 20.7 Å². The Hall–Kier alpha value is -2.26. The van der Waals surface area contributed by atoms with Gasteiger partial charge in [-0.3, -0.25) is 14.5 Å². The van der Waals surface area contributed by atoms with Crippen LogP contribution in [0.25, 0.3) is 0 Å². The molecule has 3 N–H and O–H groups in total. The van der Waals surface area contributed by atoms with Gasteiger partial charge in [0.05, 0.1) is 17.8 Å². The number of ether oxygens (including phenoxy) is 1. The topological polar surface area (TPSA) is 121 Å². The lowest BCUT2D eigenvalue weighted by Gasteiger charge is -2.09. The van der Waals surface area contributed by atoms with Gasteiger partial charge in [0.25, 0.3) is 15.6 Å². The lowest BCUT2D eigenvalue weighted by atomic mass is 10.3. The van der Waals surface area contributed by atoms with Crippen molar-refractivity contribution in [2.75, 3.05) is 11.8 Å². The van der Waals surface area contributed by atoms with E-state index in [1.165, 1.54) is 25.3 Å². The van der Waals surface area contributed by atoms with Gasteiger partial charge in [0.1, 0.15) is 5.75 Å². The summed E-state index contributed by atoms with van der Waals surface area (Å²) in [4.78, 5) is 25.7. The van der Waals surface area contributed by atoms with Crippen LogP contribution >= 0.6 is 11.6 Å². The second-order valence-corrected chi connectivity index (χ2v) is 5.95. The Kier molecular flexibility index (Phi) is 4.05. The molecule has 2 aromatic rings. The van der Waals surface area contributed by atoms with Crippen molar-refractivity contribution < 1.29 is 13.2 Å². The monoisotopic (exact) mass is 331 g/mol. The van der Waals surface area contributed by atoms with Crippen molar-refractivity contribution >= 4 is 27.3 Å². The highest BCUT2D eigenvalue weighted by atomic mass is 35.5. The van der Waals surface area contributed by atoms with Gasteiger partial charge in [-0.2, -0.15) is 0 Å². The van der Waals surface area contributed by atoms with Gasteiger partial charge in [-0.15, -0.1) is 0 Å². The third-order valence-electron chi connectivity index (χ3n) is 2.48. The first-order valence-corrected chi connectivity index (χ1v) is 7.38. The molecule has 0 aliphatic carbocycles. The van der Waals surface area contributed by atoms with Crippen LogP contribution in [0.15, 0.2) is 38.9 Å². The minimum absolute atomic E-state index is 0.145. The highest BCUT2D eigenvalue weighted by Gasteiger charge is 2.19. The van der Waals surface area contributed by atoms with Crippen molar-refractivity contribution in [3.05, 3.63) is 50.3 Å². The third-order valence-corrected chi connectivity index (χ3v) is 4.16. The maximum absolute atomic E-state index is 12.1. The zero-order valence-electron chi connectivity index (χ0n) is 10.6. The Labute approximate surface area is 123 Å². The predicted octanol–water partition coefficient (Wildman–Crippen LogP) is 0.526. The fourth-order valence-electron chi connectivity index (χ4n) is 1.54. The molecule has 0 radical (unpaired) electrons. The van der Waals surface area contributed by atoms with Crippen LogP contribution in [0.5, 0.6) is 5.75 Å². The van der Waals surface area contributed by atoms with Gasteiger partial charge in [0.2, 0.25) is 0 Å². The van der Waals surface area contributed by atoms with Crippen molar-refractivity contribution in [2.45, 2.75) is 4.90 Å². The van der Waals surface area contributed by atoms with E-state index in [0.717, 1.165) is 6.20 Å². The van der Waals surface area contributed by atoms with Gasteiger partial charge in [0.15, 0.2) is 4.90 Å². The molecule has 0 unspecified atom stereocenters. The molecule has 0 bridgehead atoms. The Morgan fingerprint density at radius 1 is 1.29 bits per heavy atom. The van der Waals surface area contributed by atoms with Crippen molar-refractivity contribution in [1.29, 1.82) is 0 Å². The molecule has 2 rings (SSSR count). The first-order valence-electron chi connectivity index (χ1n) is 5.52. The number of H-pyrrole nitrogens is 2. The zero-order valence-corrected chi connectivity index (χ0v) is 12.2. The molecular formula is C11H10ClN3O5S. The fraction of sp³-hybridized carbons (Fsp3) is 0.0909. The quantitative estimate of drug-likeness (QED) is 0.754. The van der Waals surface area contributed by atoms with Crippen LogP contribution in [0.1, 0.15) is 0 Å². The number of hydrogen-bond donors (Lipinski definition) is 3. The number of rotatable bonds is 4. The molecule has 0 amide bonds. The SMILES string of the molecule is COc1ccc(NS(=O)(=O)c2c[nH]c(=O)[nH]c2=O)cc1Cl. The Balaban J connectivity index is 2.40. The summed E-state index contributed by atoms with van der Waals surface area (Å²) in [6.45, 7) is 0. The number of hydrogen-bond acceptors (Lipinski definition) is 5. The van der Waals surface area contributed by atoms with E-state index in [9.17, 15) is 18.0 Å². The Morgan fingerprint density at radius 2 is 2.00 bits per heavy atom. The second-order valence-electron chi connectivity index (χ2n) is 3.89. The summed E-state index contributed by atoms with van der Waals surface area (Å²) in [6, 6.07) is 4.22. The molecule has 0 saturated carbocycles. The predicted molar refractivity (Wildman–Crippen MR) is 76.5 cm³/mol. The van der Waals surface area contributed by atoms with Gasteiger partial charge >= 0.3 is 5.69 Å². The number of halogens is 1. The van der Waals surface area contributed by atoms with Crippen molar-refractivity contribution in [1.82, 2.24) is 9.97 Å². The third kappa shape index (κ3) is 3.26. The molecule has 21 heavy (non-hydrogen) atoms. The van der Waals surface area contributed by atoms with E-state index in [0.29, 0.717) is 5.75 Å². The minimum Gasteiger partial charge on any atom is -0.495 e. The number of nitrogens with one attached hydrogen (secondary N) is 3. The average molecular weight is 332 g/mol. The molecule has 1 aromatic carbocycles. The number of methoxy groups -OCH3 is 1. The lowest BCUT2D eigenvalue weighted by molar-refractivity contribution is 0.415. The summed E-state index contributed by atoms with van der Waals surface area (Å²) < 4.78 is 31.3. The van der Waals surface area contributed by atoms with Crippen LogP contribution in [0.2, 0.25) is 5.02 Å². The van der Waals surface area contributed by atoms with Crippen molar-refractivity contribution in [3.8, 4) is 5.75 Å². The fourth-order valence-corrected chi connectivity index (χ4v) is 2.85. The molecule has 0 spiro atoms. The molecule has 0 saturated heterocycles. The first-order chi connectivity index (χ1) is 9.83. The van der Waals surface area contributed by atoms with Crippen LogP contribution in [-0.4, -0.2) is 25.5 Å². The van der Waals surface area contributed by atoms with Gasteiger partial charge in [-0.1, -0.05) is 11.6 Å². The minimum atomic E-state index is -4.16. The smallest absolute Gasteiger partial charge is 0.325 e. The second kappa shape index (κ2) is 5.62. The van der Waals surface area contributed by atoms with Crippen LogP contribution in [-0.2, 0) is 10.0 Å². The molecule has 0 atom stereocenters. The summed E-state index contributed by atoms with van der Waals surface area (Å²) in [6.07, 6.45) is 0.814. The first kappa shape index (κ1) is 15.1. The summed E-state index contributed by atoms with van der Waals surface area (Å²) in [5.74, 6) is 0.376. The highest BCUT2D eigenvalue weighted by molar-refractivity contribution is 7.92. The summed E-state index contributed by atoms with van der Waals surface area (Å²) in [5.41, 5.74) is -1.68. The van der Waals surface area contributed by atoms with Crippen LogP contribution in [0.4, 0.5) is 5.69 Å². The zero-order chi connectivity index (χ0) is 15.6. The largest absolute Gasteiger partial charge is 0.495 e. The number of aromatic nitrogens is 2. The molecule has 8 nitrogen and oxygen atoms in total. The molecule has 0 aliphatic rings. The van der Waals surface area contributed by atoms with E-state index in [4.69, 9.17) is 16.3 Å². The number of anilines is 1. The summed E-state index contributed by atoms with van der Waals surface area (Å²) in [5, 5.41) is 0.202. The van der Waals surface area contributed by atoms with E-state index in [1.807, 2.05) is 4.98 Å². The van der Waals surface area contributed by atoms with Gasteiger partial charge in [-0.25, -0.2) is 13.2 Å². The van der Waals surface area contributed by atoms with Gasteiger partial charge in [0, 0.05) is 6.20 Å².